The number of anilines is 1. The Hall–Kier alpha value is -2.43. The maximum absolute atomic E-state index is 13.2. The van der Waals surface area contributed by atoms with Crippen LogP contribution in [0.25, 0.3) is 0 Å². The molecule has 3 nitrogen and oxygen atoms in total. The number of halogens is 2. The van der Waals surface area contributed by atoms with E-state index in [0.29, 0.717) is 0 Å². The van der Waals surface area contributed by atoms with Gasteiger partial charge < -0.3 is 10.5 Å². The van der Waals surface area contributed by atoms with Crippen molar-refractivity contribution in [3.05, 3.63) is 64.2 Å². The molecule has 0 aromatic heterocycles. The minimum absolute atomic E-state index is 0.0464. The Morgan fingerprint density at radius 3 is 2.52 bits per heavy atom. The molecule has 2 aromatic rings. The Labute approximate surface area is 121 Å². The van der Waals surface area contributed by atoms with Crippen LogP contribution >= 0.6 is 0 Å². The van der Waals surface area contributed by atoms with Gasteiger partial charge in [-0.05, 0) is 31.0 Å². The van der Waals surface area contributed by atoms with Crippen molar-refractivity contribution in [2.24, 2.45) is 0 Å². The zero-order valence-electron chi connectivity index (χ0n) is 11.7. The van der Waals surface area contributed by atoms with Crippen molar-refractivity contribution in [3.63, 3.8) is 0 Å². The lowest BCUT2D eigenvalue weighted by Crippen LogP contribution is -2.10. The van der Waals surface area contributed by atoms with Gasteiger partial charge in [0.15, 0.2) is 11.6 Å². The van der Waals surface area contributed by atoms with E-state index in [9.17, 15) is 13.6 Å². The van der Waals surface area contributed by atoms with Crippen LogP contribution in [0, 0.1) is 25.5 Å². The first kappa shape index (κ1) is 15.0. The zero-order valence-corrected chi connectivity index (χ0v) is 11.7. The van der Waals surface area contributed by atoms with Crippen molar-refractivity contribution in [1.29, 1.82) is 0 Å². The van der Waals surface area contributed by atoms with E-state index >= 15 is 0 Å². The number of nitrogens with two attached hydrogens (primary N) is 1. The van der Waals surface area contributed by atoms with Crippen molar-refractivity contribution in [3.8, 4) is 0 Å². The second-order valence-electron chi connectivity index (χ2n) is 4.86. The van der Waals surface area contributed by atoms with E-state index in [-0.39, 0.29) is 17.9 Å². The number of benzene rings is 2. The van der Waals surface area contributed by atoms with Crippen molar-refractivity contribution >= 4 is 11.7 Å². The third kappa shape index (κ3) is 3.37. The molecular formula is C16H15F2NO2. The average molecular weight is 291 g/mol. The number of aryl methyl sites for hydroxylation is 2. The zero-order chi connectivity index (χ0) is 15.6. The van der Waals surface area contributed by atoms with Crippen molar-refractivity contribution in [1.82, 2.24) is 0 Å². The van der Waals surface area contributed by atoms with Gasteiger partial charge in [0.25, 0.3) is 0 Å². The van der Waals surface area contributed by atoms with Gasteiger partial charge in [0, 0.05) is 11.8 Å². The van der Waals surface area contributed by atoms with Gasteiger partial charge in [-0.3, -0.25) is 0 Å². The molecule has 0 aliphatic carbocycles. The fourth-order valence-corrected chi connectivity index (χ4v) is 1.92. The average Bonchev–Trinajstić information content (AvgIpc) is 2.43. The Kier molecular flexibility index (Phi) is 4.21. The Balaban J connectivity index is 2.15. The quantitative estimate of drug-likeness (QED) is 0.695. The number of nitrogen functional groups attached to an aromatic ring is 1. The van der Waals surface area contributed by atoms with Gasteiger partial charge in [-0.1, -0.05) is 23.8 Å². The van der Waals surface area contributed by atoms with Crippen molar-refractivity contribution in [2.45, 2.75) is 20.5 Å². The second-order valence-corrected chi connectivity index (χ2v) is 4.86. The molecule has 21 heavy (non-hydrogen) atoms. The molecule has 0 heterocycles. The van der Waals surface area contributed by atoms with Gasteiger partial charge in [-0.2, -0.15) is 0 Å². The van der Waals surface area contributed by atoms with Crippen LogP contribution in [-0.2, 0) is 11.3 Å². The summed E-state index contributed by atoms with van der Waals surface area (Å²) in [5.41, 5.74) is 8.04. The first-order valence-electron chi connectivity index (χ1n) is 6.36. The fraction of sp³-hybridized carbons (Fsp3) is 0.188. The molecule has 2 rings (SSSR count). The van der Waals surface area contributed by atoms with Crippen LogP contribution in [0.3, 0.4) is 0 Å². The largest absolute Gasteiger partial charge is 0.457 e. The number of carbonyl (C=O) groups is 1. The highest BCUT2D eigenvalue weighted by Crippen LogP contribution is 2.19. The number of carbonyl (C=O) groups excluding carboxylic acids is 1. The predicted molar refractivity (Wildman–Crippen MR) is 75.8 cm³/mol. The predicted octanol–water partition coefficient (Wildman–Crippen LogP) is 3.52. The minimum atomic E-state index is -1.14. The molecule has 0 saturated carbocycles. The summed E-state index contributed by atoms with van der Waals surface area (Å²) in [4.78, 5) is 11.9. The van der Waals surface area contributed by atoms with Gasteiger partial charge in [-0.25, -0.2) is 13.6 Å². The highest BCUT2D eigenvalue weighted by atomic mass is 19.2. The van der Waals surface area contributed by atoms with Crippen LogP contribution in [0.1, 0.15) is 27.0 Å². The molecule has 2 aromatic carbocycles. The van der Waals surface area contributed by atoms with E-state index in [0.717, 1.165) is 28.8 Å². The third-order valence-electron chi connectivity index (χ3n) is 3.18. The van der Waals surface area contributed by atoms with Gasteiger partial charge in [0.2, 0.25) is 0 Å². The van der Waals surface area contributed by atoms with Gasteiger partial charge in [0.05, 0.1) is 5.56 Å². The molecule has 2 N–H and O–H groups in total. The summed E-state index contributed by atoms with van der Waals surface area (Å²) in [6.45, 7) is 3.87. The topological polar surface area (TPSA) is 52.3 Å². The molecule has 0 spiro atoms. The standard InChI is InChI=1S/C16H15F2NO2/c1-9-3-4-10(2)11(5-9)8-21-16(20)12-6-13(17)14(18)7-15(12)19/h3-7H,8,19H2,1-2H3. The summed E-state index contributed by atoms with van der Waals surface area (Å²) in [5.74, 6) is -3.02. The molecule has 0 atom stereocenters. The van der Waals surface area contributed by atoms with Crippen LogP contribution in [0.4, 0.5) is 14.5 Å². The van der Waals surface area contributed by atoms with Crippen molar-refractivity contribution < 1.29 is 18.3 Å². The normalized spacial score (nSPS) is 10.5. The van der Waals surface area contributed by atoms with E-state index in [1.165, 1.54) is 0 Å². The molecule has 0 fully saturated rings. The summed E-state index contributed by atoms with van der Waals surface area (Å²) in [6, 6.07) is 7.29. The Morgan fingerprint density at radius 1 is 1.14 bits per heavy atom. The lowest BCUT2D eigenvalue weighted by atomic mass is 10.1. The van der Waals surface area contributed by atoms with Crippen LogP contribution in [-0.4, -0.2) is 5.97 Å². The summed E-state index contributed by atoms with van der Waals surface area (Å²) in [5, 5.41) is 0. The van der Waals surface area contributed by atoms with Gasteiger partial charge >= 0.3 is 5.97 Å². The SMILES string of the molecule is Cc1ccc(C)c(COC(=O)c2cc(F)c(F)cc2N)c1. The number of hydrogen-bond donors (Lipinski definition) is 1. The van der Waals surface area contributed by atoms with Crippen LogP contribution in [0.5, 0.6) is 0 Å². The number of rotatable bonds is 3. The minimum Gasteiger partial charge on any atom is -0.457 e. The number of ether oxygens (including phenoxy) is 1. The third-order valence-corrected chi connectivity index (χ3v) is 3.18. The van der Waals surface area contributed by atoms with E-state index in [2.05, 4.69) is 0 Å². The smallest absolute Gasteiger partial charge is 0.340 e. The van der Waals surface area contributed by atoms with Crippen LogP contribution in [0.2, 0.25) is 0 Å². The lowest BCUT2D eigenvalue weighted by Gasteiger charge is -2.10. The van der Waals surface area contributed by atoms with E-state index in [4.69, 9.17) is 10.5 Å². The lowest BCUT2D eigenvalue weighted by molar-refractivity contribution is 0.0472. The van der Waals surface area contributed by atoms with Crippen LogP contribution < -0.4 is 5.73 Å². The van der Waals surface area contributed by atoms with Gasteiger partial charge in [-0.15, -0.1) is 0 Å². The fourth-order valence-electron chi connectivity index (χ4n) is 1.92. The van der Waals surface area contributed by atoms with Crippen LogP contribution in [0.15, 0.2) is 30.3 Å². The van der Waals surface area contributed by atoms with Gasteiger partial charge in [0.1, 0.15) is 6.61 Å². The molecule has 0 aliphatic heterocycles. The molecule has 0 saturated heterocycles. The highest BCUT2D eigenvalue weighted by Gasteiger charge is 2.16. The monoisotopic (exact) mass is 291 g/mol. The number of esters is 1. The maximum atomic E-state index is 13.2. The van der Waals surface area contributed by atoms with Crippen molar-refractivity contribution in [2.75, 3.05) is 5.73 Å². The Morgan fingerprint density at radius 2 is 1.81 bits per heavy atom. The first-order chi connectivity index (χ1) is 9.88. The van der Waals surface area contributed by atoms with E-state index in [1.54, 1.807) is 0 Å². The molecule has 0 unspecified atom stereocenters. The molecule has 0 bridgehead atoms. The molecule has 0 amide bonds. The molecule has 0 radical (unpaired) electrons. The van der Waals surface area contributed by atoms with E-state index < -0.39 is 17.6 Å². The maximum Gasteiger partial charge on any atom is 0.340 e. The van der Waals surface area contributed by atoms with E-state index in [1.807, 2.05) is 32.0 Å². The second kappa shape index (κ2) is 5.91. The number of hydrogen-bond acceptors (Lipinski definition) is 3. The summed E-state index contributed by atoms with van der Waals surface area (Å²) < 4.78 is 31.2. The first-order valence-corrected chi connectivity index (χ1v) is 6.36. The molecular weight excluding hydrogens is 276 g/mol. The molecule has 0 aliphatic rings. The molecule has 5 heteroatoms. The summed E-state index contributed by atoms with van der Waals surface area (Å²) in [7, 11) is 0. The molecule has 110 valence electrons. The Bertz CT molecular complexity index is 699. The summed E-state index contributed by atoms with van der Waals surface area (Å²) in [6.07, 6.45) is 0. The summed E-state index contributed by atoms with van der Waals surface area (Å²) >= 11 is 0. The highest BCUT2D eigenvalue weighted by molar-refractivity contribution is 5.95.